The number of benzene rings is 2. The van der Waals surface area contributed by atoms with Crippen LogP contribution in [-0.2, 0) is 25.5 Å². The van der Waals surface area contributed by atoms with E-state index in [9.17, 15) is 36.3 Å². The molecule has 52 heavy (non-hydrogen) atoms. The van der Waals surface area contributed by atoms with Gasteiger partial charge in [0, 0.05) is 44.8 Å². The maximum absolute atomic E-state index is 13.7. The largest absolute Gasteiger partial charge is 0.467 e. The molecule has 0 spiro atoms. The lowest BCUT2D eigenvalue weighted by Gasteiger charge is -2.32. The summed E-state index contributed by atoms with van der Waals surface area (Å²) in [6.07, 6.45) is -4.31. The molecule has 3 aromatic rings. The summed E-state index contributed by atoms with van der Waals surface area (Å²) in [6.45, 7) is -0.208. The van der Waals surface area contributed by atoms with Gasteiger partial charge in [-0.3, -0.25) is 9.59 Å². The number of piperidine rings is 1. The fourth-order valence-corrected chi connectivity index (χ4v) is 6.86. The van der Waals surface area contributed by atoms with Crippen molar-refractivity contribution in [3.05, 3.63) is 52.4 Å². The first kappa shape index (κ1) is 40.1. The number of nitrogens with two attached hydrogens (primary N) is 1. The van der Waals surface area contributed by atoms with Crippen molar-refractivity contribution in [3.8, 4) is 17.6 Å². The molecule has 282 valence electrons. The van der Waals surface area contributed by atoms with Crippen molar-refractivity contribution in [1.82, 2.24) is 10.2 Å². The number of amides is 2. The lowest BCUT2D eigenvalue weighted by molar-refractivity contribution is -0.143. The van der Waals surface area contributed by atoms with Gasteiger partial charge in [-0.15, -0.1) is 11.3 Å². The number of rotatable bonds is 16. The van der Waals surface area contributed by atoms with Crippen LogP contribution in [0.1, 0.15) is 46.5 Å². The van der Waals surface area contributed by atoms with E-state index in [0.717, 1.165) is 62.7 Å². The van der Waals surface area contributed by atoms with Crippen LogP contribution < -0.4 is 26.4 Å². The number of carbonyl (C=O) groups is 3. The monoisotopic (exact) mass is 753 g/mol. The van der Waals surface area contributed by atoms with Gasteiger partial charge in [0.1, 0.15) is 11.8 Å². The van der Waals surface area contributed by atoms with E-state index >= 15 is 0 Å². The Kier molecular flexibility index (Phi) is 14.4. The van der Waals surface area contributed by atoms with Crippen LogP contribution in [0.25, 0.3) is 10.1 Å². The molecular formula is C35H40F5N5O6S. The van der Waals surface area contributed by atoms with E-state index in [-0.39, 0.29) is 47.1 Å². The molecule has 11 nitrogen and oxygen atoms in total. The average molecular weight is 754 g/mol. The summed E-state index contributed by atoms with van der Waals surface area (Å²) in [6, 6.07) is 7.69. The Balaban J connectivity index is 1.52. The summed E-state index contributed by atoms with van der Waals surface area (Å²) < 4.78 is 82.9. The average Bonchev–Trinajstić information content (AvgIpc) is 3.44. The number of halogens is 5. The van der Waals surface area contributed by atoms with Crippen LogP contribution in [0.2, 0.25) is 0 Å². The summed E-state index contributed by atoms with van der Waals surface area (Å²) in [4.78, 5) is 38.7. The lowest BCUT2D eigenvalue weighted by Crippen LogP contribution is -2.42. The maximum Gasteiger partial charge on any atom is 0.393 e. The van der Waals surface area contributed by atoms with Crippen LogP contribution in [0, 0.1) is 11.8 Å². The number of carbonyl (C=O) groups excluding carboxylic acids is 3. The fraction of sp³-hybridized carbons (Fsp3) is 0.457. The van der Waals surface area contributed by atoms with Crippen molar-refractivity contribution in [2.24, 2.45) is 5.73 Å². The van der Waals surface area contributed by atoms with Crippen LogP contribution in [0.4, 0.5) is 33.3 Å². The molecule has 1 atom stereocenters. The van der Waals surface area contributed by atoms with E-state index in [0.29, 0.717) is 16.7 Å². The SMILES string of the molecule is COCCN1CCC(Nc2cccc3c(CC(F)(F)F)c(C#CCNc4ccc(C(=O)NC(CCC(N)=O)C(=O)OC)cc4OC(F)F)sc23)CC1. The molecule has 1 aromatic heterocycles. The zero-order chi connectivity index (χ0) is 37.8. The van der Waals surface area contributed by atoms with Gasteiger partial charge >= 0.3 is 18.8 Å². The number of anilines is 2. The number of esters is 1. The van der Waals surface area contributed by atoms with E-state index in [1.165, 1.54) is 12.1 Å². The Hall–Kier alpha value is -4.66. The van der Waals surface area contributed by atoms with Gasteiger partial charge in [-0.2, -0.15) is 22.0 Å². The molecule has 0 bridgehead atoms. The number of nitrogens with zero attached hydrogens (tertiary/aromatic N) is 1. The van der Waals surface area contributed by atoms with Crippen LogP contribution in [0.5, 0.6) is 5.75 Å². The van der Waals surface area contributed by atoms with E-state index in [4.69, 9.17) is 10.5 Å². The first-order valence-electron chi connectivity index (χ1n) is 16.4. The molecule has 4 rings (SSSR count). The molecule has 0 aliphatic carbocycles. The molecule has 2 aromatic carbocycles. The van der Waals surface area contributed by atoms with Gasteiger partial charge in [0.2, 0.25) is 5.91 Å². The quantitative estimate of drug-likeness (QED) is 0.0890. The second-order valence-electron chi connectivity index (χ2n) is 11.9. The van der Waals surface area contributed by atoms with E-state index in [1.807, 2.05) is 6.07 Å². The number of fused-ring (bicyclic) bond motifs is 1. The second-order valence-corrected chi connectivity index (χ2v) is 13.0. The number of nitrogens with one attached hydrogen (secondary N) is 3. The number of hydrogen-bond donors (Lipinski definition) is 4. The molecule has 1 aliphatic rings. The highest BCUT2D eigenvalue weighted by Crippen LogP contribution is 2.39. The number of alkyl halides is 5. The third kappa shape index (κ3) is 11.7. The predicted molar refractivity (Wildman–Crippen MR) is 187 cm³/mol. The summed E-state index contributed by atoms with van der Waals surface area (Å²) >= 11 is 1.15. The molecule has 1 unspecified atom stereocenters. The zero-order valence-corrected chi connectivity index (χ0v) is 29.4. The Morgan fingerprint density at radius 2 is 1.85 bits per heavy atom. The maximum atomic E-state index is 13.7. The molecule has 1 aliphatic heterocycles. The molecule has 1 fully saturated rings. The topological polar surface area (TPSA) is 144 Å². The van der Waals surface area contributed by atoms with Crippen molar-refractivity contribution >= 4 is 50.6 Å². The Labute approximate surface area is 301 Å². The van der Waals surface area contributed by atoms with Gasteiger partial charge in [0.05, 0.1) is 47.6 Å². The summed E-state index contributed by atoms with van der Waals surface area (Å²) in [5.74, 6) is 2.80. The normalized spacial score (nSPS) is 14.4. The molecule has 2 amide bonds. The first-order valence-corrected chi connectivity index (χ1v) is 17.2. The third-order valence-corrected chi connectivity index (χ3v) is 9.45. The minimum absolute atomic E-state index is 0.0241. The van der Waals surface area contributed by atoms with Crippen molar-refractivity contribution in [1.29, 1.82) is 0 Å². The lowest BCUT2D eigenvalue weighted by atomic mass is 10.0. The highest BCUT2D eigenvalue weighted by molar-refractivity contribution is 7.20. The van der Waals surface area contributed by atoms with Gasteiger partial charge in [-0.05, 0) is 54.5 Å². The Bertz CT molecular complexity index is 1770. The Morgan fingerprint density at radius 3 is 2.50 bits per heavy atom. The van der Waals surface area contributed by atoms with Gasteiger partial charge in [-0.1, -0.05) is 24.0 Å². The number of primary amides is 1. The van der Waals surface area contributed by atoms with E-state index in [2.05, 4.69) is 42.2 Å². The Morgan fingerprint density at radius 1 is 1.10 bits per heavy atom. The van der Waals surface area contributed by atoms with Crippen LogP contribution in [-0.4, -0.2) is 94.6 Å². The number of methoxy groups -OCH3 is 2. The van der Waals surface area contributed by atoms with Crippen molar-refractivity contribution < 1.29 is 50.5 Å². The summed E-state index contributed by atoms with van der Waals surface area (Å²) in [5.41, 5.74) is 5.79. The number of hydrogen-bond acceptors (Lipinski definition) is 10. The van der Waals surface area contributed by atoms with Gasteiger partial charge in [0.15, 0.2) is 0 Å². The predicted octanol–water partition coefficient (Wildman–Crippen LogP) is 5.13. The van der Waals surface area contributed by atoms with Gasteiger partial charge < -0.3 is 40.8 Å². The summed E-state index contributed by atoms with van der Waals surface area (Å²) in [7, 11) is 2.75. The van der Waals surface area contributed by atoms with E-state index < -0.39 is 48.8 Å². The highest BCUT2D eigenvalue weighted by Gasteiger charge is 2.31. The third-order valence-electron chi connectivity index (χ3n) is 8.25. The molecular weight excluding hydrogens is 713 g/mol. The second kappa shape index (κ2) is 18.7. The first-order chi connectivity index (χ1) is 24.8. The standard InChI is InChI=1S/C35H40F5N5O6S/c1-49-18-17-45-15-12-22(13-16-45)43-26-6-3-5-23-24(20-35(38,39)40)29(52-31(23)26)7-4-14-42-25-9-8-21(19-28(25)51-34(36)37)32(47)44-27(33(48)50-2)10-11-30(41)46/h3,5-6,8-9,19,22,27,34,42-43H,10-18,20H2,1-2H3,(H2,41,46)(H,44,47). The molecule has 5 N–H and O–H groups in total. The zero-order valence-electron chi connectivity index (χ0n) is 28.5. The number of likely N-dealkylation sites (tertiary alicyclic amines) is 1. The minimum Gasteiger partial charge on any atom is -0.467 e. The highest BCUT2D eigenvalue weighted by atomic mass is 32.1. The molecule has 0 radical (unpaired) electrons. The van der Waals surface area contributed by atoms with Crippen LogP contribution >= 0.6 is 11.3 Å². The van der Waals surface area contributed by atoms with Gasteiger partial charge in [-0.25, -0.2) is 4.79 Å². The van der Waals surface area contributed by atoms with Crippen LogP contribution in [0.15, 0.2) is 36.4 Å². The molecule has 1 saturated heterocycles. The molecule has 17 heteroatoms. The molecule has 2 heterocycles. The summed E-state index contributed by atoms with van der Waals surface area (Å²) in [5, 5.41) is 9.16. The smallest absolute Gasteiger partial charge is 0.393 e. The van der Waals surface area contributed by atoms with Crippen molar-refractivity contribution in [2.75, 3.05) is 57.6 Å². The molecule has 0 saturated carbocycles. The van der Waals surface area contributed by atoms with Gasteiger partial charge in [0.25, 0.3) is 5.91 Å². The fourth-order valence-electron chi connectivity index (χ4n) is 5.69. The van der Waals surface area contributed by atoms with Crippen LogP contribution in [0.3, 0.4) is 0 Å². The number of ether oxygens (including phenoxy) is 3. The van der Waals surface area contributed by atoms with Crippen molar-refractivity contribution in [2.45, 2.75) is 57.0 Å². The van der Waals surface area contributed by atoms with Crippen molar-refractivity contribution in [3.63, 3.8) is 0 Å². The number of thiophene rings is 1. The minimum atomic E-state index is -4.49. The van der Waals surface area contributed by atoms with E-state index in [1.54, 1.807) is 19.2 Å².